The summed E-state index contributed by atoms with van der Waals surface area (Å²) in [6.07, 6.45) is 6.43. The second-order valence-electron chi connectivity index (χ2n) is 5.73. The fourth-order valence-corrected chi connectivity index (χ4v) is 3.74. The molecular formula is C13H22N2O. The van der Waals surface area contributed by atoms with Gasteiger partial charge in [-0.15, -0.1) is 0 Å². The Morgan fingerprint density at radius 2 is 1.88 bits per heavy atom. The maximum atomic E-state index is 12.4. The van der Waals surface area contributed by atoms with Crippen LogP contribution in [0.2, 0.25) is 0 Å². The van der Waals surface area contributed by atoms with E-state index in [0.29, 0.717) is 17.9 Å². The van der Waals surface area contributed by atoms with Gasteiger partial charge in [-0.2, -0.15) is 0 Å². The minimum atomic E-state index is 0.396. The van der Waals surface area contributed by atoms with Crippen molar-refractivity contribution in [1.82, 2.24) is 10.2 Å². The van der Waals surface area contributed by atoms with Crippen molar-refractivity contribution >= 4 is 5.91 Å². The van der Waals surface area contributed by atoms with Gasteiger partial charge in [-0.25, -0.2) is 0 Å². The zero-order valence-corrected chi connectivity index (χ0v) is 10.1. The van der Waals surface area contributed by atoms with Gasteiger partial charge in [0.25, 0.3) is 0 Å². The maximum Gasteiger partial charge on any atom is 0.226 e. The fraction of sp³-hybridized carbons (Fsp3) is 0.923. The van der Waals surface area contributed by atoms with Crippen molar-refractivity contribution in [3.8, 4) is 0 Å². The van der Waals surface area contributed by atoms with Gasteiger partial charge in [0.15, 0.2) is 0 Å². The van der Waals surface area contributed by atoms with Crippen LogP contribution >= 0.6 is 0 Å². The van der Waals surface area contributed by atoms with Crippen molar-refractivity contribution < 1.29 is 4.79 Å². The molecule has 2 saturated carbocycles. The number of carbonyl (C=O) groups excluding carboxylic acids is 1. The lowest BCUT2D eigenvalue weighted by Crippen LogP contribution is -2.39. The first-order valence-electron chi connectivity index (χ1n) is 6.76. The van der Waals surface area contributed by atoms with E-state index in [0.717, 1.165) is 31.3 Å². The van der Waals surface area contributed by atoms with Crippen LogP contribution in [0, 0.1) is 17.8 Å². The number of nitrogens with zero attached hydrogens (tertiary/aromatic N) is 1. The molecule has 0 bridgehead atoms. The lowest BCUT2D eigenvalue weighted by Gasteiger charge is -2.24. The molecule has 0 aromatic rings. The van der Waals surface area contributed by atoms with E-state index in [4.69, 9.17) is 0 Å². The number of likely N-dealkylation sites (N-methyl/N-ethyl adjacent to an activating group) is 1. The van der Waals surface area contributed by atoms with Crippen LogP contribution < -0.4 is 5.32 Å². The van der Waals surface area contributed by atoms with Gasteiger partial charge < -0.3 is 10.2 Å². The van der Waals surface area contributed by atoms with Crippen molar-refractivity contribution in [3.05, 3.63) is 0 Å². The summed E-state index contributed by atoms with van der Waals surface area (Å²) in [5, 5.41) is 3.34. The molecule has 3 heteroatoms. The number of amides is 1. The number of hydrogen-bond acceptors (Lipinski definition) is 2. The molecular weight excluding hydrogens is 200 g/mol. The third-order valence-corrected chi connectivity index (χ3v) is 4.87. The lowest BCUT2D eigenvalue weighted by molar-refractivity contribution is -0.133. The van der Waals surface area contributed by atoms with Crippen molar-refractivity contribution in [1.29, 1.82) is 0 Å². The Morgan fingerprint density at radius 1 is 1.19 bits per heavy atom. The van der Waals surface area contributed by atoms with Gasteiger partial charge in [-0.3, -0.25) is 4.79 Å². The summed E-state index contributed by atoms with van der Waals surface area (Å²) in [7, 11) is 2.00. The minimum absolute atomic E-state index is 0.396. The summed E-state index contributed by atoms with van der Waals surface area (Å²) in [6, 6.07) is 0.454. The Hall–Kier alpha value is -0.570. The number of fused-ring (bicyclic) bond motifs is 1. The Kier molecular flexibility index (Phi) is 2.66. The molecule has 3 aliphatic rings. The first kappa shape index (κ1) is 10.6. The normalized spacial score (nSPS) is 41.6. The van der Waals surface area contributed by atoms with Crippen molar-refractivity contribution in [2.45, 2.75) is 38.1 Å². The monoisotopic (exact) mass is 222 g/mol. The summed E-state index contributed by atoms with van der Waals surface area (Å²) in [5.74, 6) is 2.33. The standard InChI is InChI=1S/C13H22N2O/c1-15(9-6-7-14-8-9)13(16)12-10-4-2-3-5-11(10)12/h9-12,14H,2-8H2,1H3. The van der Waals surface area contributed by atoms with E-state index < -0.39 is 0 Å². The van der Waals surface area contributed by atoms with Crippen molar-refractivity contribution in [2.75, 3.05) is 20.1 Å². The maximum absolute atomic E-state index is 12.4. The molecule has 0 aromatic carbocycles. The molecule has 2 aliphatic carbocycles. The topological polar surface area (TPSA) is 32.3 Å². The van der Waals surface area contributed by atoms with E-state index in [-0.39, 0.29) is 0 Å². The molecule has 1 N–H and O–H groups in total. The van der Waals surface area contributed by atoms with E-state index in [2.05, 4.69) is 5.32 Å². The van der Waals surface area contributed by atoms with Gasteiger partial charge in [0, 0.05) is 25.6 Å². The molecule has 0 aromatic heterocycles. The zero-order valence-electron chi connectivity index (χ0n) is 10.1. The lowest BCUT2D eigenvalue weighted by atomic mass is 10.0. The van der Waals surface area contributed by atoms with Crippen LogP contribution in [0.15, 0.2) is 0 Å². The number of rotatable bonds is 2. The van der Waals surface area contributed by atoms with Gasteiger partial charge in [0.05, 0.1) is 0 Å². The molecule has 1 heterocycles. The predicted molar refractivity (Wildman–Crippen MR) is 63.0 cm³/mol. The Balaban J connectivity index is 1.60. The van der Waals surface area contributed by atoms with Gasteiger partial charge in [-0.05, 0) is 37.6 Å². The Morgan fingerprint density at radius 3 is 2.44 bits per heavy atom. The summed E-state index contributed by atoms with van der Waals surface area (Å²) in [4.78, 5) is 14.4. The van der Waals surface area contributed by atoms with Crippen LogP contribution in [0.3, 0.4) is 0 Å². The highest BCUT2D eigenvalue weighted by Gasteiger charge is 2.55. The molecule has 1 aliphatic heterocycles. The molecule has 1 amide bonds. The molecule has 0 spiro atoms. The van der Waals surface area contributed by atoms with E-state index in [1.54, 1.807) is 0 Å². The van der Waals surface area contributed by atoms with Crippen LogP contribution in [0.1, 0.15) is 32.1 Å². The quantitative estimate of drug-likeness (QED) is 0.762. The van der Waals surface area contributed by atoms with E-state index in [1.807, 2.05) is 11.9 Å². The zero-order chi connectivity index (χ0) is 11.1. The van der Waals surface area contributed by atoms with Crippen LogP contribution in [0.25, 0.3) is 0 Å². The predicted octanol–water partition coefficient (Wildman–Crippen LogP) is 1.24. The summed E-state index contributed by atoms with van der Waals surface area (Å²) in [5.41, 5.74) is 0. The van der Waals surface area contributed by atoms with Crippen LogP contribution in [0.5, 0.6) is 0 Å². The van der Waals surface area contributed by atoms with Crippen molar-refractivity contribution in [3.63, 3.8) is 0 Å². The second-order valence-corrected chi connectivity index (χ2v) is 5.73. The smallest absolute Gasteiger partial charge is 0.226 e. The van der Waals surface area contributed by atoms with E-state index >= 15 is 0 Å². The Bertz CT molecular complexity index is 270. The third kappa shape index (κ3) is 1.65. The first-order chi connectivity index (χ1) is 7.79. The number of carbonyl (C=O) groups is 1. The number of hydrogen-bond donors (Lipinski definition) is 1. The first-order valence-corrected chi connectivity index (χ1v) is 6.76. The Labute approximate surface area is 97.6 Å². The molecule has 3 nitrogen and oxygen atoms in total. The summed E-state index contributed by atoms with van der Waals surface area (Å²) >= 11 is 0. The highest BCUT2D eigenvalue weighted by molar-refractivity contribution is 5.82. The average molecular weight is 222 g/mol. The van der Waals surface area contributed by atoms with Gasteiger partial charge in [-0.1, -0.05) is 12.8 Å². The molecule has 3 rings (SSSR count). The highest BCUT2D eigenvalue weighted by atomic mass is 16.2. The molecule has 90 valence electrons. The van der Waals surface area contributed by atoms with E-state index in [9.17, 15) is 4.79 Å². The highest BCUT2D eigenvalue weighted by Crippen LogP contribution is 2.56. The second kappa shape index (κ2) is 4.02. The fourth-order valence-electron chi connectivity index (χ4n) is 3.74. The third-order valence-electron chi connectivity index (χ3n) is 4.87. The van der Waals surface area contributed by atoms with E-state index in [1.165, 1.54) is 25.7 Å². The molecule has 3 atom stereocenters. The summed E-state index contributed by atoms with van der Waals surface area (Å²) in [6.45, 7) is 2.06. The molecule has 16 heavy (non-hydrogen) atoms. The van der Waals surface area contributed by atoms with Crippen LogP contribution in [-0.4, -0.2) is 37.0 Å². The number of nitrogens with one attached hydrogen (secondary N) is 1. The minimum Gasteiger partial charge on any atom is -0.341 e. The SMILES string of the molecule is CN(C(=O)C1C2CCCCC21)C1CCNC1. The van der Waals surface area contributed by atoms with Crippen molar-refractivity contribution in [2.24, 2.45) is 17.8 Å². The van der Waals surface area contributed by atoms with Gasteiger partial charge in [0.2, 0.25) is 5.91 Å². The molecule has 3 fully saturated rings. The van der Waals surface area contributed by atoms with Gasteiger partial charge in [0.1, 0.15) is 0 Å². The summed E-state index contributed by atoms with van der Waals surface area (Å²) < 4.78 is 0. The van der Waals surface area contributed by atoms with Gasteiger partial charge >= 0.3 is 0 Å². The molecule has 0 radical (unpaired) electrons. The van der Waals surface area contributed by atoms with Crippen LogP contribution in [0.4, 0.5) is 0 Å². The van der Waals surface area contributed by atoms with Crippen LogP contribution in [-0.2, 0) is 4.79 Å². The largest absolute Gasteiger partial charge is 0.341 e. The average Bonchev–Trinajstić information content (AvgIpc) is 2.78. The molecule has 1 saturated heterocycles. The molecule has 3 unspecified atom stereocenters.